The molecule has 29 nitrogen and oxygen atoms in total. The van der Waals surface area contributed by atoms with Crippen molar-refractivity contribution in [2.45, 2.75) is 320 Å². The molecule has 2 saturated carbocycles. The molecule has 2 fully saturated rings. The Morgan fingerprint density at radius 1 is 0.452 bits per heavy atom. The van der Waals surface area contributed by atoms with Crippen LogP contribution >= 0.6 is 22.7 Å². The summed E-state index contributed by atoms with van der Waals surface area (Å²) >= 11 is 1.92. The number of amides is 10. The van der Waals surface area contributed by atoms with Gasteiger partial charge in [-0.2, -0.15) is 0 Å². The number of primary amides is 2. The minimum absolute atomic E-state index is 0.0475. The lowest BCUT2D eigenvalue weighted by molar-refractivity contribution is -0.135. The van der Waals surface area contributed by atoms with E-state index in [4.69, 9.17) is 17.2 Å². The van der Waals surface area contributed by atoms with E-state index in [0.29, 0.717) is 12.8 Å². The van der Waals surface area contributed by atoms with Crippen molar-refractivity contribution < 1.29 is 76.7 Å². The highest BCUT2D eigenvalue weighted by molar-refractivity contribution is 7.10. The van der Waals surface area contributed by atoms with Crippen LogP contribution in [0.3, 0.4) is 0 Å². The van der Waals surface area contributed by atoms with E-state index in [2.05, 4.69) is 66.3 Å². The fourth-order valence-corrected chi connectivity index (χ4v) is 13.3. The van der Waals surface area contributed by atoms with Crippen LogP contribution in [0.25, 0.3) is 0 Å². The van der Waals surface area contributed by atoms with Gasteiger partial charge in [0.05, 0.1) is 62.7 Å². The molecule has 14 N–H and O–H groups in total. The van der Waals surface area contributed by atoms with E-state index >= 15 is 0 Å². The fraction of sp³-hybridized carbons (Fsp3) is 0.699. The molecule has 2 aliphatic carbocycles. The Balaban J connectivity index is 1.09. The number of hydrogen-bond donors (Lipinski definition) is 11. The van der Waals surface area contributed by atoms with E-state index in [1.165, 1.54) is 87.8 Å². The summed E-state index contributed by atoms with van der Waals surface area (Å²) in [5, 5.41) is 23.8. The van der Waals surface area contributed by atoms with Crippen LogP contribution in [-0.4, -0.2) is 146 Å². The number of unbranched alkanes of at least 4 members (excludes halogenated alkanes) is 20. The van der Waals surface area contributed by atoms with Gasteiger partial charge < -0.3 is 59.7 Å². The van der Waals surface area contributed by atoms with Crippen molar-refractivity contribution in [3.8, 4) is 0 Å². The number of carbonyl (C=O) groups excluding carboxylic acids is 16. The molecule has 0 spiro atoms. The maximum atomic E-state index is 13.4. The van der Waals surface area contributed by atoms with Crippen LogP contribution in [0.1, 0.15) is 309 Å². The second-order valence-electron chi connectivity index (χ2n) is 28.0. The maximum Gasteiger partial charge on any atom is 0.243 e. The zero-order valence-electron chi connectivity index (χ0n) is 61.3. The Morgan fingerprint density at radius 3 is 1.23 bits per heavy atom. The second-order valence-corrected chi connectivity index (χ2v) is 29.8. The first-order valence-corrected chi connectivity index (χ1v) is 39.1. The third-order valence-electron chi connectivity index (χ3n) is 18.3. The first kappa shape index (κ1) is 88.3. The summed E-state index contributed by atoms with van der Waals surface area (Å²) in [5.41, 5.74) is 14.1. The SMILES string of the molecule is CCCCCCCCCCCCCC(=O)N[C@H](CC(N)=O)C(=O)N[C@@H](C)CCC(=O)CC(=O)NC1(C(=O)CC(=O)NCC(=O)c2csc([C@@H](N)C(=O)c3csc(CNC(=O)CC(=O)C4(NC(=O)CC(=O)CC[C@H](C)NC(=O)[C@@H](CC(N)=O)NC(=O)CCCCCCCCCCCCC)CC4)n3)n2)CC1. The van der Waals surface area contributed by atoms with Crippen molar-refractivity contribution in [2.24, 2.45) is 17.2 Å². The lowest BCUT2D eigenvalue weighted by Crippen LogP contribution is -2.50. The lowest BCUT2D eigenvalue weighted by Gasteiger charge is -2.20. The summed E-state index contributed by atoms with van der Waals surface area (Å²) in [4.78, 5) is 214. The average molecular weight is 1490 g/mol. The van der Waals surface area contributed by atoms with Gasteiger partial charge in [0, 0.05) is 48.5 Å². The number of hydrogen-bond acceptors (Lipinski definition) is 21. The Labute approximate surface area is 618 Å². The Hall–Kier alpha value is -8.06. The molecular weight excluding hydrogens is 1380 g/mol. The molecule has 578 valence electrons. The number of nitrogens with zero attached hydrogens (tertiary/aromatic N) is 2. The number of rotatable bonds is 60. The zero-order chi connectivity index (χ0) is 76.6. The zero-order valence-corrected chi connectivity index (χ0v) is 62.9. The van der Waals surface area contributed by atoms with E-state index in [1.54, 1.807) is 13.8 Å². The monoisotopic (exact) mass is 1490 g/mol. The topological polar surface area (TPSA) is 473 Å². The number of nitrogens with one attached hydrogen (secondary N) is 8. The van der Waals surface area contributed by atoms with Crippen LogP contribution in [0, 0.1) is 0 Å². The van der Waals surface area contributed by atoms with Crippen LogP contribution in [0.5, 0.6) is 0 Å². The van der Waals surface area contributed by atoms with Gasteiger partial charge in [-0.15, -0.1) is 22.7 Å². The lowest BCUT2D eigenvalue weighted by atomic mass is 10.0. The van der Waals surface area contributed by atoms with Crippen molar-refractivity contribution in [1.82, 2.24) is 52.5 Å². The summed E-state index contributed by atoms with van der Waals surface area (Å²) in [5.74, 6) is -10.1. The van der Waals surface area contributed by atoms with Gasteiger partial charge >= 0.3 is 0 Å². The molecule has 0 radical (unpaired) electrons. The minimum atomic E-state index is -1.37. The predicted molar refractivity (Wildman–Crippen MR) is 391 cm³/mol. The number of ketones is 6. The molecule has 0 unspecified atom stereocenters. The van der Waals surface area contributed by atoms with E-state index < -0.39 is 168 Å². The highest BCUT2D eigenvalue weighted by Crippen LogP contribution is 2.38. The molecule has 5 atom stereocenters. The van der Waals surface area contributed by atoms with Crippen molar-refractivity contribution >= 4 is 116 Å². The standard InChI is InChI=1S/C73H113N13O16S2/c1-5-7-9-11-13-15-17-19-21-23-25-27-60(94)81-51(39-58(74)92)69(101)79-47(3)29-31-49(87)37-64(98)85-72(33-34-72)56(90)41-62(96)77-43-55(89)53-45-104-71(84-53)67(76)68(100)54-46-103-66(83-54)44-78-63(97)42-57(91)73(35-36-73)86-65(99)38-50(88)32-30-48(4)80-70(102)52(40-59(75)93)82-61(95)28-26-24-22-20-18-16-14-12-10-8-6-2/h45-48,51-52,67H,5-44,76H2,1-4H3,(H2,74,92)(H2,75,93)(H,77,96)(H,78,97)(H,79,101)(H,80,102)(H,81,94)(H,82,95)(H,85,98)(H,86,99)/t47-,48-,51+,52+,67-/m0/s1. The van der Waals surface area contributed by atoms with Crippen LogP contribution in [0.2, 0.25) is 0 Å². The first-order valence-electron chi connectivity index (χ1n) is 37.3. The van der Waals surface area contributed by atoms with Gasteiger partial charge in [-0.1, -0.05) is 142 Å². The molecule has 0 bridgehead atoms. The smallest absolute Gasteiger partial charge is 0.243 e. The number of aromatic nitrogens is 2. The minimum Gasteiger partial charge on any atom is -0.370 e. The predicted octanol–water partition coefficient (Wildman–Crippen LogP) is 6.22. The van der Waals surface area contributed by atoms with Gasteiger partial charge in [0.15, 0.2) is 11.6 Å². The quantitative estimate of drug-likeness (QED) is 0.0199. The van der Waals surface area contributed by atoms with Gasteiger partial charge in [0.1, 0.15) is 51.1 Å². The molecule has 0 saturated heterocycles. The van der Waals surface area contributed by atoms with Crippen LogP contribution < -0.4 is 59.7 Å². The van der Waals surface area contributed by atoms with Crippen LogP contribution in [-0.2, 0) is 73.7 Å². The largest absolute Gasteiger partial charge is 0.370 e. The number of nitrogens with two attached hydrogens (primary N) is 3. The van der Waals surface area contributed by atoms with Gasteiger partial charge in [-0.25, -0.2) is 9.97 Å². The molecule has 31 heteroatoms. The maximum absolute atomic E-state index is 13.4. The third-order valence-corrected chi connectivity index (χ3v) is 20.1. The van der Waals surface area contributed by atoms with Gasteiger partial charge in [0.25, 0.3) is 0 Å². The molecule has 4 rings (SSSR count). The van der Waals surface area contributed by atoms with Crippen LogP contribution in [0.15, 0.2) is 10.8 Å². The molecule has 104 heavy (non-hydrogen) atoms. The summed E-state index contributed by atoms with van der Waals surface area (Å²) in [6, 6.07) is -4.94. The van der Waals surface area contributed by atoms with E-state index in [9.17, 15) is 76.7 Å². The summed E-state index contributed by atoms with van der Waals surface area (Å²) in [6.07, 6.45) is 22.6. The highest BCUT2D eigenvalue weighted by atomic mass is 32.1. The third kappa shape index (κ3) is 35.1. The van der Waals surface area contributed by atoms with Crippen molar-refractivity contribution in [3.63, 3.8) is 0 Å². The molecule has 2 heterocycles. The van der Waals surface area contributed by atoms with Crippen molar-refractivity contribution in [1.29, 1.82) is 0 Å². The van der Waals surface area contributed by atoms with Crippen LogP contribution in [0.4, 0.5) is 0 Å². The molecule has 0 aromatic carbocycles. The Kier molecular flexibility index (Phi) is 40.3. The number of thiazole rings is 2. The molecule has 0 aliphatic heterocycles. The summed E-state index contributed by atoms with van der Waals surface area (Å²) < 4.78 is 0. The molecule has 2 aromatic heterocycles. The highest BCUT2D eigenvalue weighted by Gasteiger charge is 2.52. The van der Waals surface area contributed by atoms with Crippen molar-refractivity contribution in [3.05, 3.63) is 32.2 Å². The second kappa shape index (κ2) is 47.4. The number of Topliss-reactive ketones (excluding diaryl/α,β-unsaturated/α-hetero) is 6. The van der Waals surface area contributed by atoms with E-state index in [1.807, 2.05) is 0 Å². The van der Waals surface area contributed by atoms with E-state index in [0.717, 1.165) is 74.0 Å². The Bertz CT molecular complexity index is 3250. The molecular formula is C73H113N13O16S2. The molecule has 2 aliphatic rings. The number of carbonyl (C=O) groups is 16. The summed E-state index contributed by atoms with van der Waals surface area (Å²) in [6.45, 7) is 6.90. The molecule has 10 amide bonds. The van der Waals surface area contributed by atoms with Crippen molar-refractivity contribution in [2.75, 3.05) is 6.54 Å². The van der Waals surface area contributed by atoms with Gasteiger partial charge in [-0.05, 0) is 65.2 Å². The Morgan fingerprint density at radius 2 is 0.837 bits per heavy atom. The molecule has 2 aromatic rings. The first-order chi connectivity index (χ1) is 49.6. The average Bonchev–Trinajstić information content (AvgIpc) is 1.64. The fourth-order valence-electron chi connectivity index (χ4n) is 11.7. The normalized spacial score (nSPS) is 14.5. The van der Waals surface area contributed by atoms with Gasteiger partial charge in [-0.3, -0.25) is 76.7 Å². The van der Waals surface area contributed by atoms with Gasteiger partial charge in [0.2, 0.25) is 70.6 Å². The van der Waals surface area contributed by atoms with E-state index in [-0.39, 0.29) is 104 Å². The summed E-state index contributed by atoms with van der Waals surface area (Å²) in [7, 11) is 0.